The lowest BCUT2D eigenvalue weighted by atomic mass is 9.96. The van der Waals surface area contributed by atoms with Crippen LogP contribution in [0.4, 0.5) is 0 Å². The first-order valence-corrected chi connectivity index (χ1v) is 16.6. The summed E-state index contributed by atoms with van der Waals surface area (Å²) in [5, 5.41) is 14.4. The fraction of sp³-hybridized carbons (Fsp3) is 0. The van der Waals surface area contributed by atoms with Gasteiger partial charge in [-0.15, -0.1) is 0 Å². The zero-order chi connectivity index (χ0) is 29.6. The van der Waals surface area contributed by atoms with E-state index in [1.807, 2.05) is 0 Å². The van der Waals surface area contributed by atoms with Gasteiger partial charge in [0.25, 0.3) is 0 Å². The second-order valence-electron chi connectivity index (χ2n) is 12.2. The predicted molar refractivity (Wildman–Crippen MR) is 197 cm³/mol. The van der Waals surface area contributed by atoms with Crippen molar-refractivity contribution >= 4 is 91.4 Å². The van der Waals surface area contributed by atoms with Crippen molar-refractivity contribution in [2.24, 2.45) is 0 Å². The van der Waals surface area contributed by atoms with Gasteiger partial charge in [-0.3, -0.25) is 0 Å². The van der Waals surface area contributed by atoms with Gasteiger partial charge in [0.2, 0.25) is 0 Å². The highest BCUT2D eigenvalue weighted by Gasteiger charge is 2.19. The number of benzene rings is 8. The van der Waals surface area contributed by atoms with Gasteiger partial charge in [0.05, 0.1) is 27.8 Å². The first-order valence-electron chi connectivity index (χ1n) is 15.6. The highest BCUT2D eigenvalue weighted by Crippen LogP contribution is 2.40. The average molecular weight is 589 g/mol. The van der Waals surface area contributed by atoms with Crippen molar-refractivity contribution in [3.05, 3.63) is 152 Å². The molecule has 10 aromatic rings. The Kier molecular flexibility index (Phi) is 5.05. The summed E-state index contributed by atoms with van der Waals surface area (Å²) in [5.41, 5.74) is 7.39. The summed E-state index contributed by atoms with van der Waals surface area (Å²) in [6, 6.07) is 56.1. The Labute approximate surface area is 262 Å². The molecule has 210 valence electrons. The SMILES string of the molecule is [SiH3]c1cc(-n2c3ccccc3c3ccccc32)cc2c(-n3c4ccccc4c4ccccc43)cc3cc4ccccc4cc3c12. The molecule has 0 aliphatic carbocycles. The van der Waals surface area contributed by atoms with Crippen LogP contribution in [0.1, 0.15) is 0 Å². The Morgan fingerprint density at radius 2 is 0.822 bits per heavy atom. The van der Waals surface area contributed by atoms with Crippen LogP contribution in [-0.2, 0) is 0 Å². The van der Waals surface area contributed by atoms with Crippen molar-refractivity contribution in [1.29, 1.82) is 0 Å². The molecule has 2 nitrogen and oxygen atoms in total. The molecule has 45 heavy (non-hydrogen) atoms. The van der Waals surface area contributed by atoms with Gasteiger partial charge in [-0.25, -0.2) is 0 Å². The monoisotopic (exact) mass is 588 g/mol. The Morgan fingerprint density at radius 1 is 0.356 bits per heavy atom. The summed E-state index contributed by atoms with van der Waals surface area (Å²) < 4.78 is 4.96. The quantitative estimate of drug-likeness (QED) is 0.108. The topological polar surface area (TPSA) is 9.86 Å². The van der Waals surface area contributed by atoms with Crippen molar-refractivity contribution < 1.29 is 0 Å². The second kappa shape index (κ2) is 9.18. The molecule has 2 heterocycles. The smallest absolute Gasteiger partial charge is 0.0547 e. The standard InChI is InChI=1S/C42H28N2Si/c45-41-25-29(43-36-17-7-3-13-30(36)31-14-4-8-18-37(31)43)24-35-40(23-28-21-26-11-1-2-12-27(26)22-34(28)42(35)41)44-38-19-9-5-15-32(38)33-16-6-10-20-39(33)44/h1-25H,45H3. The van der Waals surface area contributed by atoms with Gasteiger partial charge in [0.15, 0.2) is 0 Å². The molecule has 0 atom stereocenters. The van der Waals surface area contributed by atoms with E-state index in [-0.39, 0.29) is 0 Å². The Balaban J connectivity index is 1.41. The number of hydrogen-bond donors (Lipinski definition) is 0. The third kappa shape index (κ3) is 3.44. The zero-order valence-corrected chi connectivity index (χ0v) is 26.8. The van der Waals surface area contributed by atoms with E-state index in [9.17, 15) is 0 Å². The van der Waals surface area contributed by atoms with Gasteiger partial charge < -0.3 is 9.13 Å². The molecule has 10 rings (SSSR count). The maximum absolute atomic E-state index is 2.50. The van der Waals surface area contributed by atoms with Crippen LogP contribution in [0.15, 0.2) is 152 Å². The molecule has 0 bridgehead atoms. The lowest BCUT2D eigenvalue weighted by Crippen LogP contribution is -2.10. The average Bonchev–Trinajstić information content (AvgIpc) is 3.60. The number of rotatable bonds is 2. The third-order valence-corrected chi connectivity index (χ3v) is 10.5. The maximum Gasteiger partial charge on any atom is 0.0547 e. The number of hydrogen-bond acceptors (Lipinski definition) is 0. The second-order valence-corrected chi connectivity index (χ2v) is 13.3. The molecule has 0 spiro atoms. The molecular formula is C42H28N2Si. The minimum absolute atomic E-state index is 0.919. The molecule has 0 fully saturated rings. The van der Waals surface area contributed by atoms with E-state index in [2.05, 4.69) is 161 Å². The van der Waals surface area contributed by atoms with Crippen LogP contribution < -0.4 is 5.19 Å². The summed E-state index contributed by atoms with van der Waals surface area (Å²) in [6.45, 7) is 0. The first-order chi connectivity index (χ1) is 22.2. The Morgan fingerprint density at radius 3 is 1.38 bits per heavy atom. The summed E-state index contributed by atoms with van der Waals surface area (Å²) >= 11 is 0. The molecular weight excluding hydrogens is 561 g/mol. The van der Waals surface area contributed by atoms with Crippen LogP contribution >= 0.6 is 0 Å². The van der Waals surface area contributed by atoms with Gasteiger partial charge in [0.1, 0.15) is 0 Å². The van der Waals surface area contributed by atoms with Crippen molar-refractivity contribution in [3.63, 3.8) is 0 Å². The van der Waals surface area contributed by atoms with E-state index in [4.69, 9.17) is 0 Å². The lowest BCUT2D eigenvalue weighted by molar-refractivity contribution is 1.18. The number of nitrogens with zero attached hydrogens (tertiary/aromatic N) is 2. The lowest BCUT2D eigenvalue weighted by Gasteiger charge is -2.19. The molecule has 3 heteroatoms. The summed E-state index contributed by atoms with van der Waals surface area (Å²) in [6.07, 6.45) is 0. The molecule has 0 saturated heterocycles. The van der Waals surface area contributed by atoms with E-state index in [0.29, 0.717) is 0 Å². The Hall–Kier alpha value is -5.64. The molecule has 0 N–H and O–H groups in total. The van der Waals surface area contributed by atoms with Crippen LogP contribution in [0.5, 0.6) is 0 Å². The van der Waals surface area contributed by atoms with E-state index in [1.54, 1.807) is 0 Å². The van der Waals surface area contributed by atoms with Gasteiger partial charge in [-0.05, 0) is 81.5 Å². The van der Waals surface area contributed by atoms with Gasteiger partial charge in [-0.1, -0.05) is 102 Å². The third-order valence-electron chi connectivity index (χ3n) is 9.73. The maximum atomic E-state index is 2.50. The minimum Gasteiger partial charge on any atom is -0.309 e. The molecule has 0 saturated carbocycles. The minimum atomic E-state index is 0.919. The molecule has 8 aromatic carbocycles. The largest absolute Gasteiger partial charge is 0.309 e. The van der Waals surface area contributed by atoms with E-state index in [0.717, 1.165) is 10.2 Å². The van der Waals surface area contributed by atoms with Crippen LogP contribution in [0.3, 0.4) is 0 Å². The summed E-state index contributed by atoms with van der Waals surface area (Å²) in [4.78, 5) is 0. The van der Waals surface area contributed by atoms with E-state index < -0.39 is 0 Å². The van der Waals surface area contributed by atoms with Gasteiger partial charge >= 0.3 is 0 Å². The first kappa shape index (κ1) is 24.8. The highest BCUT2D eigenvalue weighted by molar-refractivity contribution is 6.43. The fourth-order valence-corrected chi connectivity index (χ4v) is 8.68. The molecule has 0 amide bonds. The van der Waals surface area contributed by atoms with E-state index in [1.165, 1.54) is 92.5 Å². The van der Waals surface area contributed by atoms with Crippen LogP contribution in [0.25, 0.3) is 87.3 Å². The van der Waals surface area contributed by atoms with Crippen molar-refractivity contribution in [2.75, 3.05) is 0 Å². The Bertz CT molecular complexity index is 2730. The van der Waals surface area contributed by atoms with Crippen LogP contribution in [0.2, 0.25) is 0 Å². The molecule has 0 radical (unpaired) electrons. The van der Waals surface area contributed by atoms with Crippen molar-refractivity contribution in [1.82, 2.24) is 9.13 Å². The van der Waals surface area contributed by atoms with E-state index >= 15 is 0 Å². The van der Waals surface area contributed by atoms with Crippen molar-refractivity contribution in [3.8, 4) is 11.4 Å². The molecule has 0 unspecified atom stereocenters. The van der Waals surface area contributed by atoms with Gasteiger partial charge in [-0.2, -0.15) is 0 Å². The summed E-state index contributed by atoms with van der Waals surface area (Å²) in [7, 11) is 0.919. The predicted octanol–water partition coefficient (Wildman–Crippen LogP) is 9.33. The normalized spacial score (nSPS) is 12.2. The highest BCUT2D eigenvalue weighted by atomic mass is 28.1. The zero-order valence-electron chi connectivity index (χ0n) is 24.8. The summed E-state index contributed by atoms with van der Waals surface area (Å²) in [5.74, 6) is 0. The van der Waals surface area contributed by atoms with Crippen molar-refractivity contribution in [2.45, 2.75) is 0 Å². The van der Waals surface area contributed by atoms with Crippen LogP contribution in [0, 0.1) is 0 Å². The van der Waals surface area contributed by atoms with Crippen LogP contribution in [-0.4, -0.2) is 19.4 Å². The van der Waals surface area contributed by atoms with Gasteiger partial charge in [0, 0.05) is 42.9 Å². The molecule has 0 aliphatic heterocycles. The molecule has 0 aliphatic rings. The molecule has 2 aromatic heterocycles. The fourth-order valence-electron chi connectivity index (χ4n) is 7.84. The number of aromatic nitrogens is 2. The number of para-hydroxylation sites is 4. The number of fused-ring (bicyclic) bond motifs is 10.